The summed E-state index contributed by atoms with van der Waals surface area (Å²) in [5.41, 5.74) is 1.30. The second-order valence-corrected chi connectivity index (χ2v) is 8.83. The van der Waals surface area contributed by atoms with Crippen LogP contribution in [0.3, 0.4) is 0 Å². The highest BCUT2D eigenvalue weighted by Gasteiger charge is 2.46. The lowest BCUT2D eigenvalue weighted by atomic mass is 9.84. The largest absolute Gasteiger partial charge is 0.487 e. The zero-order valence-electron chi connectivity index (χ0n) is 15.9. The third kappa shape index (κ3) is 4.93. The molecule has 0 bridgehead atoms. The molecule has 1 amide bonds. The number of benzene rings is 1. The molecule has 10 heteroatoms. The maximum atomic E-state index is 12.1. The number of ether oxygens (including phenoxy) is 3. The van der Waals surface area contributed by atoms with Crippen LogP contribution in [-0.2, 0) is 24.3 Å². The van der Waals surface area contributed by atoms with Crippen LogP contribution in [0.25, 0.3) is 0 Å². The number of hydrogen-bond donors (Lipinski definition) is 3. The number of carbonyl (C=O) groups excluding carboxylic acids is 1. The summed E-state index contributed by atoms with van der Waals surface area (Å²) in [6.45, 7) is 0.619. The Morgan fingerprint density at radius 1 is 1.39 bits per heavy atom. The van der Waals surface area contributed by atoms with Crippen molar-refractivity contribution in [1.29, 1.82) is 0 Å². The number of hydrogen-bond acceptors (Lipinski definition) is 7. The quantitative estimate of drug-likeness (QED) is 0.520. The average molecular weight is 414 g/mol. The molecule has 9 nitrogen and oxygen atoms in total. The minimum Gasteiger partial charge on any atom is -0.487 e. The summed E-state index contributed by atoms with van der Waals surface area (Å²) in [6.07, 6.45) is 0.486. The van der Waals surface area contributed by atoms with Gasteiger partial charge in [-0.3, -0.25) is 9.52 Å². The van der Waals surface area contributed by atoms with E-state index in [1.807, 2.05) is 0 Å². The van der Waals surface area contributed by atoms with Crippen molar-refractivity contribution in [2.24, 2.45) is 0 Å². The molecule has 0 unspecified atom stereocenters. The van der Waals surface area contributed by atoms with Crippen LogP contribution in [0.1, 0.15) is 24.3 Å². The Hall–Kier alpha value is -1.88. The van der Waals surface area contributed by atoms with Crippen LogP contribution in [0, 0.1) is 0 Å². The summed E-state index contributed by atoms with van der Waals surface area (Å²) in [7, 11) is -1.83. The molecule has 0 saturated carbocycles. The molecule has 0 aliphatic carbocycles. The highest BCUT2D eigenvalue weighted by atomic mass is 32.2. The van der Waals surface area contributed by atoms with Gasteiger partial charge in [-0.05, 0) is 24.6 Å². The van der Waals surface area contributed by atoms with E-state index in [1.54, 1.807) is 25.3 Å². The van der Waals surface area contributed by atoms with Crippen molar-refractivity contribution in [2.75, 3.05) is 37.8 Å². The monoisotopic (exact) mass is 414 g/mol. The van der Waals surface area contributed by atoms with E-state index in [2.05, 4.69) is 10.0 Å². The van der Waals surface area contributed by atoms with E-state index in [1.165, 1.54) is 0 Å². The van der Waals surface area contributed by atoms with Gasteiger partial charge in [-0.1, -0.05) is 0 Å². The number of methoxy groups -OCH3 is 1. The van der Waals surface area contributed by atoms with Crippen molar-refractivity contribution < 1.29 is 32.5 Å². The number of amides is 1. The van der Waals surface area contributed by atoms with Crippen molar-refractivity contribution in [3.63, 3.8) is 0 Å². The molecule has 1 fully saturated rings. The van der Waals surface area contributed by atoms with Crippen LogP contribution in [0.4, 0.5) is 5.69 Å². The maximum Gasteiger partial charge on any atom is 0.229 e. The lowest BCUT2D eigenvalue weighted by Gasteiger charge is -2.37. The Balaban J connectivity index is 1.74. The summed E-state index contributed by atoms with van der Waals surface area (Å²) >= 11 is 0. The Bertz CT molecular complexity index is 814. The molecular formula is C18H26N2O7S. The molecule has 1 aromatic rings. The van der Waals surface area contributed by atoms with Crippen LogP contribution in [-0.4, -0.2) is 70.9 Å². The van der Waals surface area contributed by atoms with Crippen LogP contribution >= 0.6 is 0 Å². The van der Waals surface area contributed by atoms with Gasteiger partial charge in [0.25, 0.3) is 0 Å². The Labute approximate surface area is 164 Å². The molecule has 3 N–H and O–H groups in total. The molecule has 0 aromatic heterocycles. The van der Waals surface area contributed by atoms with E-state index in [9.17, 15) is 18.3 Å². The highest BCUT2D eigenvalue weighted by Crippen LogP contribution is 2.47. The van der Waals surface area contributed by atoms with Gasteiger partial charge in [0.1, 0.15) is 18.0 Å². The van der Waals surface area contributed by atoms with Crippen molar-refractivity contribution in [3.05, 3.63) is 23.8 Å². The van der Waals surface area contributed by atoms with E-state index in [0.717, 1.165) is 11.8 Å². The second kappa shape index (κ2) is 8.64. The predicted octanol–water partition coefficient (Wildman–Crippen LogP) is 0.205. The van der Waals surface area contributed by atoms with Gasteiger partial charge >= 0.3 is 0 Å². The molecule has 1 saturated heterocycles. The first-order chi connectivity index (χ1) is 13.3. The van der Waals surface area contributed by atoms with Gasteiger partial charge in [0.15, 0.2) is 0 Å². The van der Waals surface area contributed by atoms with Gasteiger partial charge in [0.2, 0.25) is 15.9 Å². The van der Waals surface area contributed by atoms with Crippen LogP contribution in [0.5, 0.6) is 5.75 Å². The molecule has 2 heterocycles. The molecule has 0 radical (unpaired) electrons. The van der Waals surface area contributed by atoms with Crippen LogP contribution in [0.2, 0.25) is 0 Å². The predicted molar refractivity (Wildman–Crippen MR) is 102 cm³/mol. The van der Waals surface area contributed by atoms with E-state index in [4.69, 9.17) is 14.2 Å². The van der Waals surface area contributed by atoms with Crippen molar-refractivity contribution in [1.82, 2.24) is 5.32 Å². The SMILES string of the molecule is COCCNC(=O)C[C@H]1C[C@@H]2c3cc(NS(C)(=O)=O)ccc3O[C@@H]2[C@H](CO)O1. The van der Waals surface area contributed by atoms with Crippen molar-refractivity contribution >= 4 is 21.6 Å². The van der Waals surface area contributed by atoms with E-state index < -0.39 is 16.1 Å². The topological polar surface area (TPSA) is 123 Å². The first kappa shape index (κ1) is 20.8. The summed E-state index contributed by atoms with van der Waals surface area (Å²) in [6, 6.07) is 5.09. The number of rotatable bonds is 8. The summed E-state index contributed by atoms with van der Waals surface area (Å²) in [5.74, 6) is 0.393. The molecule has 2 aliphatic heterocycles. The van der Waals surface area contributed by atoms with E-state index in [0.29, 0.717) is 31.0 Å². The van der Waals surface area contributed by atoms with E-state index in [-0.39, 0.29) is 37.1 Å². The fourth-order valence-electron chi connectivity index (χ4n) is 3.74. The zero-order chi connectivity index (χ0) is 20.3. The highest BCUT2D eigenvalue weighted by molar-refractivity contribution is 7.92. The first-order valence-electron chi connectivity index (χ1n) is 9.11. The molecule has 0 spiro atoms. The number of aliphatic hydroxyl groups excluding tert-OH is 1. The second-order valence-electron chi connectivity index (χ2n) is 7.08. The van der Waals surface area contributed by atoms with Gasteiger partial charge in [-0.15, -0.1) is 0 Å². The third-order valence-electron chi connectivity index (χ3n) is 4.84. The number of aliphatic hydroxyl groups is 1. The molecule has 1 aromatic carbocycles. The third-order valence-corrected chi connectivity index (χ3v) is 5.45. The van der Waals surface area contributed by atoms with Crippen LogP contribution < -0.4 is 14.8 Å². The smallest absolute Gasteiger partial charge is 0.229 e. The summed E-state index contributed by atoms with van der Waals surface area (Å²) in [5, 5.41) is 12.5. The first-order valence-corrected chi connectivity index (χ1v) is 11.0. The van der Waals surface area contributed by atoms with Gasteiger partial charge in [0, 0.05) is 30.8 Å². The molecule has 2 aliphatic rings. The number of fused-ring (bicyclic) bond motifs is 3. The Morgan fingerprint density at radius 2 is 2.18 bits per heavy atom. The summed E-state index contributed by atoms with van der Waals surface area (Å²) in [4.78, 5) is 12.1. The Morgan fingerprint density at radius 3 is 2.86 bits per heavy atom. The standard InChI is InChI=1S/C18H26N2O7S/c1-25-6-5-19-17(22)9-12-8-14-13-7-11(20-28(2,23)24)3-4-15(13)27-18(14)16(10-21)26-12/h3-4,7,12,14,16,18,20-21H,5-6,8-10H2,1-2H3,(H,19,22)/t12-,14-,16+,18+/m1/s1. The molecule has 4 atom stereocenters. The maximum absolute atomic E-state index is 12.1. The summed E-state index contributed by atoms with van der Waals surface area (Å²) < 4.78 is 42.2. The fourth-order valence-corrected chi connectivity index (χ4v) is 4.29. The lowest BCUT2D eigenvalue weighted by molar-refractivity contribution is -0.142. The zero-order valence-corrected chi connectivity index (χ0v) is 16.7. The molecule has 156 valence electrons. The van der Waals surface area contributed by atoms with E-state index >= 15 is 0 Å². The molecule has 3 rings (SSSR count). The van der Waals surface area contributed by atoms with Gasteiger partial charge < -0.3 is 24.6 Å². The van der Waals surface area contributed by atoms with Crippen LogP contribution in [0.15, 0.2) is 18.2 Å². The lowest BCUT2D eigenvalue weighted by Crippen LogP contribution is -2.47. The number of sulfonamides is 1. The number of nitrogens with one attached hydrogen (secondary N) is 2. The van der Waals surface area contributed by atoms with Gasteiger partial charge in [-0.25, -0.2) is 8.42 Å². The van der Waals surface area contributed by atoms with Crippen molar-refractivity contribution in [2.45, 2.75) is 37.1 Å². The normalized spacial score (nSPS) is 26.1. The Kier molecular flexibility index (Phi) is 6.43. The average Bonchev–Trinajstić information content (AvgIpc) is 2.98. The molecular weight excluding hydrogens is 388 g/mol. The minimum atomic E-state index is -3.40. The number of anilines is 1. The van der Waals surface area contributed by atoms with Gasteiger partial charge in [0.05, 0.1) is 32.0 Å². The molecule has 28 heavy (non-hydrogen) atoms. The number of carbonyl (C=O) groups is 1. The minimum absolute atomic E-state index is 0.0982. The van der Waals surface area contributed by atoms with Gasteiger partial charge in [-0.2, -0.15) is 0 Å². The fraction of sp³-hybridized carbons (Fsp3) is 0.611. The van der Waals surface area contributed by atoms with Crippen molar-refractivity contribution in [3.8, 4) is 5.75 Å².